The van der Waals surface area contributed by atoms with Crippen LogP contribution in [0.15, 0.2) is 30.5 Å². The molecule has 1 heterocycles. The molecule has 0 bridgehead atoms. The number of aromatic amines is 1. The fourth-order valence-electron chi connectivity index (χ4n) is 1.56. The number of anilines is 1. The Morgan fingerprint density at radius 2 is 2.35 bits per heavy atom. The number of carbonyl (C=O) groups is 1. The normalized spacial score (nSPS) is 10.2. The van der Waals surface area contributed by atoms with Crippen LogP contribution in [0.25, 0.3) is 0 Å². The first kappa shape index (κ1) is 11.2. The molecule has 0 fully saturated rings. The van der Waals surface area contributed by atoms with Crippen LogP contribution < -0.4 is 11.1 Å². The van der Waals surface area contributed by atoms with E-state index in [0.717, 1.165) is 11.3 Å². The molecule has 0 saturated carbocycles. The molecular weight excluding hydrogens is 216 g/mol. The quantitative estimate of drug-likeness (QED) is 0.693. The minimum absolute atomic E-state index is 0.140. The van der Waals surface area contributed by atoms with Crippen LogP contribution in [0.2, 0.25) is 0 Å². The maximum absolute atomic E-state index is 11.8. The monoisotopic (exact) mass is 230 g/mol. The number of hydrogen-bond donors (Lipinski definition) is 3. The second kappa shape index (κ2) is 4.69. The van der Waals surface area contributed by atoms with Crippen molar-refractivity contribution in [1.82, 2.24) is 15.5 Å². The molecular formula is C12H14N4O. The van der Waals surface area contributed by atoms with Gasteiger partial charge in [-0.15, -0.1) is 0 Å². The molecule has 2 aromatic rings. The first-order valence-electron chi connectivity index (χ1n) is 5.29. The standard InChI is InChI=1S/C12H14N4O/c1-8-11(7-15-16-8)12(17)14-6-9-3-2-4-10(13)5-9/h2-5,7H,6,13H2,1H3,(H,14,17)(H,15,16). The molecule has 0 aliphatic rings. The lowest BCUT2D eigenvalue weighted by Crippen LogP contribution is -2.23. The van der Waals surface area contributed by atoms with Crippen LogP contribution in [0.1, 0.15) is 21.6 Å². The van der Waals surface area contributed by atoms with E-state index >= 15 is 0 Å². The molecule has 4 N–H and O–H groups in total. The first-order chi connectivity index (χ1) is 8.16. The SMILES string of the molecule is Cc1[nH]ncc1C(=O)NCc1cccc(N)c1. The molecule has 0 spiro atoms. The number of carbonyl (C=O) groups excluding carboxylic acids is 1. The molecule has 5 heteroatoms. The second-order valence-electron chi connectivity index (χ2n) is 3.84. The average molecular weight is 230 g/mol. The number of amides is 1. The summed E-state index contributed by atoms with van der Waals surface area (Å²) >= 11 is 0. The third kappa shape index (κ3) is 2.63. The molecule has 0 radical (unpaired) electrons. The minimum Gasteiger partial charge on any atom is -0.399 e. The molecule has 1 aromatic carbocycles. The highest BCUT2D eigenvalue weighted by molar-refractivity contribution is 5.94. The number of hydrogen-bond acceptors (Lipinski definition) is 3. The van der Waals surface area contributed by atoms with Crippen molar-refractivity contribution in [2.45, 2.75) is 13.5 Å². The molecule has 1 aromatic heterocycles. The molecule has 2 rings (SSSR count). The van der Waals surface area contributed by atoms with Gasteiger partial charge in [0.25, 0.3) is 5.91 Å². The number of aryl methyl sites for hydroxylation is 1. The highest BCUT2D eigenvalue weighted by Gasteiger charge is 2.09. The summed E-state index contributed by atoms with van der Waals surface area (Å²) in [6, 6.07) is 7.42. The zero-order valence-corrected chi connectivity index (χ0v) is 9.53. The molecule has 0 aliphatic heterocycles. The van der Waals surface area contributed by atoms with Gasteiger partial charge >= 0.3 is 0 Å². The largest absolute Gasteiger partial charge is 0.399 e. The summed E-state index contributed by atoms with van der Waals surface area (Å²) in [5.41, 5.74) is 8.64. The molecule has 1 amide bonds. The maximum atomic E-state index is 11.8. The highest BCUT2D eigenvalue weighted by Crippen LogP contribution is 2.07. The number of benzene rings is 1. The fourth-order valence-corrected chi connectivity index (χ4v) is 1.56. The lowest BCUT2D eigenvalue weighted by atomic mass is 10.2. The van der Waals surface area contributed by atoms with Gasteiger partial charge < -0.3 is 11.1 Å². The van der Waals surface area contributed by atoms with Gasteiger partial charge in [0, 0.05) is 17.9 Å². The lowest BCUT2D eigenvalue weighted by molar-refractivity contribution is 0.0950. The Bertz CT molecular complexity index is 533. The molecule has 0 aliphatic carbocycles. The van der Waals surface area contributed by atoms with E-state index in [0.29, 0.717) is 17.8 Å². The van der Waals surface area contributed by atoms with Crippen LogP contribution >= 0.6 is 0 Å². The number of nitrogens with one attached hydrogen (secondary N) is 2. The van der Waals surface area contributed by atoms with Gasteiger partial charge in [0.1, 0.15) is 0 Å². The lowest BCUT2D eigenvalue weighted by Gasteiger charge is -2.05. The predicted octanol–water partition coefficient (Wildman–Crippen LogP) is 1.23. The van der Waals surface area contributed by atoms with E-state index in [1.807, 2.05) is 31.2 Å². The van der Waals surface area contributed by atoms with Crippen molar-refractivity contribution in [2.24, 2.45) is 0 Å². The fraction of sp³-hybridized carbons (Fsp3) is 0.167. The van der Waals surface area contributed by atoms with E-state index < -0.39 is 0 Å². The van der Waals surface area contributed by atoms with Gasteiger partial charge in [0.15, 0.2) is 0 Å². The second-order valence-corrected chi connectivity index (χ2v) is 3.84. The summed E-state index contributed by atoms with van der Waals surface area (Å²) < 4.78 is 0. The topological polar surface area (TPSA) is 83.8 Å². The number of nitrogens with zero attached hydrogens (tertiary/aromatic N) is 1. The van der Waals surface area contributed by atoms with E-state index in [-0.39, 0.29) is 5.91 Å². The van der Waals surface area contributed by atoms with Gasteiger partial charge in [-0.25, -0.2) is 0 Å². The van der Waals surface area contributed by atoms with Crippen molar-refractivity contribution in [3.05, 3.63) is 47.3 Å². The summed E-state index contributed by atoms with van der Waals surface area (Å²) in [5, 5.41) is 9.35. The van der Waals surface area contributed by atoms with Crippen molar-refractivity contribution < 1.29 is 4.79 Å². The van der Waals surface area contributed by atoms with E-state index in [1.54, 1.807) is 0 Å². The van der Waals surface area contributed by atoms with Gasteiger partial charge in [0.2, 0.25) is 0 Å². The Labute approximate surface area is 99.0 Å². The Hall–Kier alpha value is -2.30. The summed E-state index contributed by atoms with van der Waals surface area (Å²) in [4.78, 5) is 11.8. The van der Waals surface area contributed by atoms with Crippen molar-refractivity contribution in [1.29, 1.82) is 0 Å². The smallest absolute Gasteiger partial charge is 0.255 e. The molecule has 88 valence electrons. The first-order valence-corrected chi connectivity index (χ1v) is 5.29. The van der Waals surface area contributed by atoms with Gasteiger partial charge in [-0.2, -0.15) is 5.10 Å². The van der Waals surface area contributed by atoms with E-state index in [9.17, 15) is 4.79 Å². The number of nitrogen functional groups attached to an aromatic ring is 1. The Morgan fingerprint density at radius 3 is 3.00 bits per heavy atom. The van der Waals surface area contributed by atoms with Crippen molar-refractivity contribution in [2.75, 3.05) is 5.73 Å². The van der Waals surface area contributed by atoms with Crippen LogP contribution in [-0.4, -0.2) is 16.1 Å². The molecule has 0 saturated heterocycles. The van der Waals surface area contributed by atoms with Crippen molar-refractivity contribution in [3.63, 3.8) is 0 Å². The van der Waals surface area contributed by atoms with Crippen LogP contribution in [-0.2, 0) is 6.54 Å². The van der Waals surface area contributed by atoms with Gasteiger partial charge in [-0.05, 0) is 24.6 Å². The summed E-state index contributed by atoms with van der Waals surface area (Å²) in [6.45, 7) is 2.26. The summed E-state index contributed by atoms with van der Waals surface area (Å²) in [6.07, 6.45) is 1.52. The van der Waals surface area contributed by atoms with E-state index in [1.165, 1.54) is 6.20 Å². The van der Waals surface area contributed by atoms with Crippen molar-refractivity contribution >= 4 is 11.6 Å². The number of aromatic nitrogens is 2. The number of nitrogens with two attached hydrogens (primary N) is 1. The molecule has 17 heavy (non-hydrogen) atoms. The van der Waals surface area contributed by atoms with Crippen LogP contribution in [0.4, 0.5) is 5.69 Å². The zero-order chi connectivity index (χ0) is 12.3. The average Bonchev–Trinajstić information content (AvgIpc) is 2.72. The Kier molecular flexibility index (Phi) is 3.09. The third-order valence-electron chi connectivity index (χ3n) is 2.48. The number of rotatable bonds is 3. The summed E-state index contributed by atoms with van der Waals surface area (Å²) in [7, 11) is 0. The van der Waals surface area contributed by atoms with E-state index in [4.69, 9.17) is 5.73 Å². The Morgan fingerprint density at radius 1 is 1.53 bits per heavy atom. The predicted molar refractivity (Wildman–Crippen MR) is 65.3 cm³/mol. The summed E-state index contributed by atoms with van der Waals surface area (Å²) in [5.74, 6) is -0.140. The third-order valence-corrected chi connectivity index (χ3v) is 2.48. The molecule has 0 atom stereocenters. The Balaban J connectivity index is 1.99. The molecule has 0 unspecified atom stereocenters. The highest BCUT2D eigenvalue weighted by atomic mass is 16.1. The molecule has 5 nitrogen and oxygen atoms in total. The van der Waals surface area contributed by atoms with E-state index in [2.05, 4.69) is 15.5 Å². The maximum Gasteiger partial charge on any atom is 0.255 e. The number of H-pyrrole nitrogens is 1. The van der Waals surface area contributed by atoms with Crippen molar-refractivity contribution in [3.8, 4) is 0 Å². The van der Waals surface area contributed by atoms with Gasteiger partial charge in [-0.1, -0.05) is 12.1 Å². The van der Waals surface area contributed by atoms with Crippen LogP contribution in [0.5, 0.6) is 0 Å². The van der Waals surface area contributed by atoms with Crippen LogP contribution in [0, 0.1) is 6.92 Å². The zero-order valence-electron chi connectivity index (χ0n) is 9.53. The van der Waals surface area contributed by atoms with Crippen LogP contribution in [0.3, 0.4) is 0 Å². The van der Waals surface area contributed by atoms with Gasteiger partial charge in [-0.3, -0.25) is 9.89 Å². The minimum atomic E-state index is -0.140. The van der Waals surface area contributed by atoms with Gasteiger partial charge in [0.05, 0.1) is 11.8 Å².